The average Bonchev–Trinajstić information content (AvgIpc) is 2.28. The van der Waals surface area contributed by atoms with Gasteiger partial charge in [0.1, 0.15) is 5.54 Å². The Morgan fingerprint density at radius 1 is 1.53 bits per heavy atom. The van der Waals surface area contributed by atoms with E-state index >= 15 is 0 Å². The van der Waals surface area contributed by atoms with Crippen LogP contribution in [-0.2, 0) is 0 Å². The van der Waals surface area contributed by atoms with Gasteiger partial charge < -0.3 is 5.32 Å². The first-order valence-corrected chi connectivity index (χ1v) is 5.86. The molecule has 0 aliphatic carbocycles. The molecule has 1 aromatic carbocycles. The van der Waals surface area contributed by atoms with Gasteiger partial charge in [-0.1, -0.05) is 30.1 Å². The van der Waals surface area contributed by atoms with Gasteiger partial charge in [0.15, 0.2) is 0 Å². The Bertz CT molecular complexity index is 482. The number of hydrogen-bond acceptors (Lipinski definition) is 2. The van der Waals surface area contributed by atoms with E-state index in [-0.39, 0.29) is 10.9 Å². The van der Waals surface area contributed by atoms with Gasteiger partial charge in [-0.15, -0.1) is 0 Å². The molecule has 90 valence electrons. The molecular weight excluding hydrogens is 259 g/mol. The van der Waals surface area contributed by atoms with Gasteiger partial charge >= 0.3 is 0 Å². The summed E-state index contributed by atoms with van der Waals surface area (Å²) < 4.78 is 0. The number of nitriles is 1. The van der Waals surface area contributed by atoms with Crippen molar-refractivity contribution in [1.29, 1.82) is 5.26 Å². The van der Waals surface area contributed by atoms with E-state index in [1.54, 1.807) is 13.0 Å². The van der Waals surface area contributed by atoms with Crippen LogP contribution in [0, 0.1) is 11.3 Å². The Hall–Kier alpha value is -1.24. The molecule has 5 heteroatoms. The standard InChI is InChI=1S/C12H12Cl2N2O/c1-3-12(2,7-15)16-11(17)9-5-4-8(13)6-10(9)14/h4-6H,3H2,1-2H3,(H,16,17). The van der Waals surface area contributed by atoms with E-state index in [1.807, 2.05) is 6.92 Å². The van der Waals surface area contributed by atoms with Gasteiger partial charge in [-0.2, -0.15) is 5.26 Å². The highest BCUT2D eigenvalue weighted by Crippen LogP contribution is 2.21. The summed E-state index contributed by atoms with van der Waals surface area (Å²) in [6.45, 7) is 3.49. The molecule has 0 bridgehead atoms. The number of halogens is 2. The van der Waals surface area contributed by atoms with Crippen molar-refractivity contribution in [3.05, 3.63) is 33.8 Å². The quantitative estimate of drug-likeness (QED) is 0.915. The van der Waals surface area contributed by atoms with Gasteiger partial charge in [0, 0.05) is 5.02 Å². The van der Waals surface area contributed by atoms with Crippen molar-refractivity contribution in [2.45, 2.75) is 25.8 Å². The molecule has 0 spiro atoms. The zero-order valence-corrected chi connectivity index (χ0v) is 11.1. The largest absolute Gasteiger partial charge is 0.334 e. The first kappa shape index (κ1) is 13.8. The fourth-order valence-electron chi connectivity index (χ4n) is 1.19. The van der Waals surface area contributed by atoms with Crippen LogP contribution in [-0.4, -0.2) is 11.4 Å². The van der Waals surface area contributed by atoms with E-state index in [9.17, 15) is 4.79 Å². The van der Waals surface area contributed by atoms with Gasteiger partial charge in [-0.3, -0.25) is 4.79 Å². The molecule has 1 amide bonds. The SMILES string of the molecule is CCC(C)(C#N)NC(=O)c1ccc(Cl)cc1Cl. The third-order valence-electron chi connectivity index (χ3n) is 2.52. The van der Waals surface area contributed by atoms with Crippen molar-refractivity contribution >= 4 is 29.1 Å². The zero-order chi connectivity index (χ0) is 13.1. The number of nitrogens with one attached hydrogen (secondary N) is 1. The van der Waals surface area contributed by atoms with Crippen LogP contribution in [0.5, 0.6) is 0 Å². The highest BCUT2D eigenvalue weighted by molar-refractivity contribution is 6.36. The third-order valence-corrected chi connectivity index (χ3v) is 3.07. The van der Waals surface area contributed by atoms with Crippen LogP contribution < -0.4 is 5.32 Å². The fraction of sp³-hybridized carbons (Fsp3) is 0.333. The molecular formula is C12H12Cl2N2O. The molecule has 17 heavy (non-hydrogen) atoms. The number of amides is 1. The number of nitrogens with zero attached hydrogens (tertiary/aromatic N) is 1. The number of carbonyl (C=O) groups is 1. The Kier molecular flexibility index (Phi) is 4.39. The van der Waals surface area contributed by atoms with Crippen molar-refractivity contribution in [3.63, 3.8) is 0 Å². The number of rotatable bonds is 3. The molecule has 0 aliphatic rings. The Morgan fingerprint density at radius 3 is 2.65 bits per heavy atom. The molecule has 3 nitrogen and oxygen atoms in total. The number of hydrogen-bond donors (Lipinski definition) is 1. The second-order valence-electron chi connectivity index (χ2n) is 3.88. The van der Waals surface area contributed by atoms with Crippen molar-refractivity contribution in [1.82, 2.24) is 5.32 Å². The predicted molar refractivity (Wildman–Crippen MR) is 68.2 cm³/mol. The van der Waals surface area contributed by atoms with Gasteiger partial charge in [-0.25, -0.2) is 0 Å². The van der Waals surface area contributed by atoms with Gasteiger partial charge in [-0.05, 0) is 31.5 Å². The lowest BCUT2D eigenvalue weighted by atomic mass is 10.0. The summed E-state index contributed by atoms with van der Waals surface area (Å²) in [5.41, 5.74) is -0.578. The summed E-state index contributed by atoms with van der Waals surface area (Å²) in [5.74, 6) is -0.377. The van der Waals surface area contributed by atoms with Gasteiger partial charge in [0.05, 0.1) is 16.7 Å². The minimum Gasteiger partial charge on any atom is -0.334 e. The van der Waals surface area contributed by atoms with Crippen LogP contribution in [0.4, 0.5) is 0 Å². The minimum absolute atomic E-state index is 0.270. The summed E-state index contributed by atoms with van der Waals surface area (Å²) in [5, 5.41) is 12.4. The maximum atomic E-state index is 11.9. The molecule has 0 saturated heterocycles. The maximum absolute atomic E-state index is 11.9. The van der Waals surface area contributed by atoms with E-state index in [4.69, 9.17) is 28.5 Å². The van der Waals surface area contributed by atoms with Crippen LogP contribution >= 0.6 is 23.2 Å². The first-order chi connectivity index (χ1) is 7.91. The lowest BCUT2D eigenvalue weighted by Crippen LogP contribution is -2.44. The van der Waals surface area contributed by atoms with Crippen molar-refractivity contribution < 1.29 is 4.79 Å². The summed E-state index contributed by atoms with van der Waals surface area (Å²) >= 11 is 11.7. The summed E-state index contributed by atoms with van der Waals surface area (Å²) in [7, 11) is 0. The van der Waals surface area contributed by atoms with Crippen molar-refractivity contribution in [3.8, 4) is 6.07 Å². The van der Waals surface area contributed by atoms with E-state index in [0.717, 1.165) is 0 Å². The van der Waals surface area contributed by atoms with Crippen molar-refractivity contribution in [2.24, 2.45) is 0 Å². The Labute approximate surface area is 110 Å². The van der Waals surface area contributed by atoms with Crippen LogP contribution in [0.25, 0.3) is 0 Å². The molecule has 0 aliphatic heterocycles. The molecule has 0 heterocycles. The number of benzene rings is 1. The van der Waals surface area contributed by atoms with E-state index in [1.165, 1.54) is 12.1 Å². The lowest BCUT2D eigenvalue weighted by Gasteiger charge is -2.21. The van der Waals surface area contributed by atoms with Crippen LogP contribution in [0.1, 0.15) is 30.6 Å². The Morgan fingerprint density at radius 2 is 2.18 bits per heavy atom. The smallest absolute Gasteiger partial charge is 0.254 e. The zero-order valence-electron chi connectivity index (χ0n) is 9.55. The van der Waals surface area contributed by atoms with E-state index in [2.05, 4.69) is 11.4 Å². The molecule has 1 rings (SSSR count). The molecule has 1 N–H and O–H groups in total. The van der Waals surface area contributed by atoms with Crippen molar-refractivity contribution in [2.75, 3.05) is 0 Å². The highest BCUT2D eigenvalue weighted by atomic mass is 35.5. The monoisotopic (exact) mass is 270 g/mol. The summed E-state index contributed by atoms with van der Waals surface area (Å²) in [6, 6.07) is 6.67. The van der Waals surface area contributed by atoms with E-state index < -0.39 is 5.54 Å². The highest BCUT2D eigenvalue weighted by Gasteiger charge is 2.25. The normalized spacial score (nSPS) is 13.6. The maximum Gasteiger partial charge on any atom is 0.254 e. The van der Waals surface area contributed by atoms with Gasteiger partial charge in [0.25, 0.3) is 5.91 Å². The molecule has 1 atom stereocenters. The Balaban J connectivity index is 2.95. The average molecular weight is 271 g/mol. The van der Waals surface area contributed by atoms with E-state index in [0.29, 0.717) is 17.0 Å². The topological polar surface area (TPSA) is 52.9 Å². The molecule has 0 radical (unpaired) electrons. The molecule has 0 aromatic heterocycles. The molecule has 0 fully saturated rings. The third kappa shape index (κ3) is 3.36. The lowest BCUT2D eigenvalue weighted by molar-refractivity contribution is 0.0923. The van der Waals surface area contributed by atoms with Crippen LogP contribution in [0.3, 0.4) is 0 Å². The summed E-state index contributed by atoms with van der Waals surface area (Å²) in [4.78, 5) is 11.9. The molecule has 0 saturated carbocycles. The fourth-order valence-corrected chi connectivity index (χ4v) is 1.68. The number of carbonyl (C=O) groups excluding carboxylic acids is 1. The summed E-state index contributed by atoms with van der Waals surface area (Å²) in [6.07, 6.45) is 0.514. The second kappa shape index (κ2) is 5.39. The first-order valence-electron chi connectivity index (χ1n) is 5.10. The van der Waals surface area contributed by atoms with Crippen LogP contribution in [0.2, 0.25) is 10.0 Å². The predicted octanol–water partition coefficient (Wildman–Crippen LogP) is 3.42. The molecule has 1 unspecified atom stereocenters. The minimum atomic E-state index is -0.889. The van der Waals surface area contributed by atoms with Crippen LogP contribution in [0.15, 0.2) is 18.2 Å². The van der Waals surface area contributed by atoms with Gasteiger partial charge in [0.2, 0.25) is 0 Å². The second-order valence-corrected chi connectivity index (χ2v) is 4.72. The molecule has 1 aromatic rings.